The Hall–Kier alpha value is -2.43. The van der Waals surface area contributed by atoms with Crippen LogP contribution < -0.4 is 5.46 Å². The van der Waals surface area contributed by atoms with Crippen LogP contribution in [0, 0.1) is 6.92 Å². The van der Waals surface area contributed by atoms with Crippen molar-refractivity contribution in [2.75, 3.05) is 0 Å². The normalized spacial score (nSPS) is 12.1. The lowest BCUT2D eigenvalue weighted by molar-refractivity contribution is -0.0893. The number of nitrogens with zero attached hydrogens (tertiary/aromatic N) is 1. The molecule has 0 atom stereocenters. The third-order valence-electron chi connectivity index (χ3n) is 5.52. The summed E-state index contributed by atoms with van der Waals surface area (Å²) in [5, 5.41) is 10.2. The molecule has 0 fully saturated rings. The van der Waals surface area contributed by atoms with Crippen LogP contribution in [0.1, 0.15) is 33.3 Å². The third kappa shape index (κ3) is 4.52. The summed E-state index contributed by atoms with van der Waals surface area (Å²) in [6.07, 6.45) is 1.95. The smallest absolute Gasteiger partial charge is 0.309 e. The van der Waals surface area contributed by atoms with Crippen LogP contribution in [0.2, 0.25) is 0 Å². The Morgan fingerprint density at radius 3 is 2.11 bits per heavy atom. The van der Waals surface area contributed by atoms with Crippen molar-refractivity contribution in [1.29, 1.82) is 0 Å². The molecule has 144 valence electrons. The molecule has 0 radical (unpaired) electrons. The molecule has 3 rings (SSSR count). The maximum atomic E-state index is 10.2. The Morgan fingerprint density at radius 1 is 0.893 bits per heavy atom. The molecule has 1 aromatic heterocycles. The highest BCUT2D eigenvalue weighted by atomic mass is 16.5. The van der Waals surface area contributed by atoms with Crippen molar-refractivity contribution in [2.24, 2.45) is 0 Å². The van der Waals surface area contributed by atoms with Gasteiger partial charge in [-0.1, -0.05) is 60.1 Å². The van der Waals surface area contributed by atoms with Crippen LogP contribution in [0.15, 0.2) is 66.9 Å². The Kier molecular flexibility index (Phi) is 5.73. The van der Waals surface area contributed by atoms with Crippen molar-refractivity contribution in [3.8, 4) is 22.4 Å². The van der Waals surface area contributed by atoms with Crippen molar-refractivity contribution < 1.29 is 9.76 Å². The molecule has 28 heavy (non-hydrogen) atoms. The fraction of sp³-hybridized carbons (Fsp3) is 0.292. The van der Waals surface area contributed by atoms with Gasteiger partial charge < -0.3 is 9.76 Å². The van der Waals surface area contributed by atoms with Gasteiger partial charge in [-0.05, 0) is 51.8 Å². The molecule has 0 aliphatic rings. The van der Waals surface area contributed by atoms with E-state index in [9.17, 15) is 5.11 Å². The summed E-state index contributed by atoms with van der Waals surface area (Å²) in [6, 6.07) is 20.7. The van der Waals surface area contributed by atoms with Crippen LogP contribution >= 0.6 is 0 Å². The van der Waals surface area contributed by atoms with E-state index in [1.54, 1.807) is 13.8 Å². The zero-order chi connectivity index (χ0) is 20.4. The van der Waals surface area contributed by atoms with Gasteiger partial charge in [-0.15, -0.1) is 0 Å². The summed E-state index contributed by atoms with van der Waals surface area (Å²) < 4.78 is 5.94. The van der Waals surface area contributed by atoms with Crippen molar-refractivity contribution >= 4 is 12.9 Å². The fourth-order valence-electron chi connectivity index (χ4n) is 2.85. The van der Waals surface area contributed by atoms with E-state index in [1.165, 1.54) is 11.1 Å². The molecular formula is C24H28BNO2. The van der Waals surface area contributed by atoms with Crippen LogP contribution in [0.4, 0.5) is 0 Å². The quantitative estimate of drug-likeness (QED) is 0.657. The lowest BCUT2D eigenvalue weighted by Gasteiger charge is -2.37. The lowest BCUT2D eigenvalue weighted by Crippen LogP contribution is -2.49. The van der Waals surface area contributed by atoms with Gasteiger partial charge in [-0.3, -0.25) is 4.98 Å². The summed E-state index contributed by atoms with van der Waals surface area (Å²) in [5.41, 5.74) is 5.11. The molecular weight excluding hydrogens is 345 g/mol. The minimum Gasteiger partial charge on any atom is -0.427 e. The van der Waals surface area contributed by atoms with E-state index in [1.807, 2.05) is 38.2 Å². The second kappa shape index (κ2) is 7.90. The lowest BCUT2D eigenvalue weighted by atomic mass is 9.82. The molecule has 1 N–H and O–H groups in total. The Morgan fingerprint density at radius 2 is 1.54 bits per heavy atom. The van der Waals surface area contributed by atoms with Crippen molar-refractivity contribution in [3.63, 3.8) is 0 Å². The SMILES string of the molecule is Cc1cc(-c2ccc(BOC(C)(C)C(C)(C)O)cc2)ncc1-c1ccccc1. The topological polar surface area (TPSA) is 42.4 Å². The second-order valence-electron chi connectivity index (χ2n) is 8.31. The van der Waals surface area contributed by atoms with Crippen LogP contribution in [0.3, 0.4) is 0 Å². The Bertz CT molecular complexity index is 929. The van der Waals surface area contributed by atoms with Gasteiger partial charge in [0.15, 0.2) is 0 Å². The van der Waals surface area contributed by atoms with Gasteiger partial charge in [0.1, 0.15) is 0 Å². The monoisotopic (exact) mass is 373 g/mol. The molecule has 2 aromatic carbocycles. The zero-order valence-electron chi connectivity index (χ0n) is 17.4. The number of hydrogen-bond acceptors (Lipinski definition) is 3. The molecule has 0 saturated carbocycles. The molecule has 0 aliphatic carbocycles. The summed E-state index contributed by atoms with van der Waals surface area (Å²) in [6.45, 7) is 9.46. The van der Waals surface area contributed by atoms with Crippen molar-refractivity contribution in [1.82, 2.24) is 4.98 Å². The standard InChI is InChI=1S/C24H28BNO2/c1-17-15-22(26-16-21(17)18-9-7-6-8-10-18)19-11-13-20(14-12-19)25-28-24(4,5)23(2,3)27/h6-16,25,27H,1-5H3. The van der Waals surface area contributed by atoms with E-state index in [0.29, 0.717) is 7.48 Å². The molecule has 0 aliphatic heterocycles. The van der Waals surface area contributed by atoms with E-state index >= 15 is 0 Å². The van der Waals surface area contributed by atoms with Crippen LogP contribution in [0.5, 0.6) is 0 Å². The summed E-state index contributed by atoms with van der Waals surface area (Å²) in [4.78, 5) is 4.67. The largest absolute Gasteiger partial charge is 0.427 e. The average Bonchev–Trinajstić information content (AvgIpc) is 2.66. The average molecular weight is 373 g/mol. The number of hydrogen-bond donors (Lipinski definition) is 1. The number of aliphatic hydroxyl groups is 1. The maximum absolute atomic E-state index is 10.2. The number of pyridine rings is 1. The van der Waals surface area contributed by atoms with Gasteiger partial charge in [-0.25, -0.2) is 0 Å². The highest BCUT2D eigenvalue weighted by molar-refractivity contribution is 6.47. The first-order valence-corrected chi connectivity index (χ1v) is 9.65. The van der Waals surface area contributed by atoms with E-state index in [-0.39, 0.29) is 0 Å². The highest BCUT2D eigenvalue weighted by Gasteiger charge is 2.35. The highest BCUT2D eigenvalue weighted by Crippen LogP contribution is 2.26. The van der Waals surface area contributed by atoms with E-state index < -0.39 is 11.2 Å². The first kappa shape index (κ1) is 20.3. The van der Waals surface area contributed by atoms with Crippen molar-refractivity contribution in [2.45, 2.75) is 45.8 Å². The van der Waals surface area contributed by atoms with Gasteiger partial charge in [0.05, 0.1) is 16.9 Å². The molecule has 0 bridgehead atoms. The minimum atomic E-state index is -0.908. The molecule has 0 saturated heterocycles. The predicted octanol–water partition coefficient (Wildman–Crippen LogP) is 4.27. The van der Waals surface area contributed by atoms with Gasteiger partial charge in [-0.2, -0.15) is 0 Å². The van der Waals surface area contributed by atoms with Gasteiger partial charge >= 0.3 is 7.48 Å². The van der Waals surface area contributed by atoms with E-state index in [2.05, 4.69) is 54.4 Å². The maximum Gasteiger partial charge on any atom is 0.309 e. The first-order valence-electron chi connectivity index (χ1n) is 9.65. The summed E-state index contributed by atoms with van der Waals surface area (Å²) >= 11 is 0. The first-order chi connectivity index (χ1) is 13.2. The molecule has 3 nitrogen and oxygen atoms in total. The minimum absolute atomic E-state index is 0.455. The number of aryl methyl sites for hydroxylation is 1. The number of aromatic nitrogens is 1. The fourth-order valence-corrected chi connectivity index (χ4v) is 2.85. The van der Waals surface area contributed by atoms with E-state index in [0.717, 1.165) is 22.3 Å². The predicted molar refractivity (Wildman–Crippen MR) is 118 cm³/mol. The summed E-state index contributed by atoms with van der Waals surface area (Å²) in [5.74, 6) is 0. The van der Waals surface area contributed by atoms with Crippen LogP contribution in [-0.2, 0) is 4.65 Å². The molecule has 0 spiro atoms. The Labute approximate surface area is 168 Å². The number of benzene rings is 2. The van der Waals surface area contributed by atoms with E-state index in [4.69, 9.17) is 4.65 Å². The second-order valence-corrected chi connectivity index (χ2v) is 8.31. The molecule has 4 heteroatoms. The molecule has 3 aromatic rings. The molecule has 0 unspecified atom stereocenters. The molecule has 0 amide bonds. The Balaban J connectivity index is 1.74. The zero-order valence-corrected chi connectivity index (χ0v) is 17.4. The summed E-state index contributed by atoms with van der Waals surface area (Å²) in [7, 11) is 0.455. The van der Waals surface area contributed by atoms with Crippen molar-refractivity contribution in [3.05, 3.63) is 72.4 Å². The number of rotatable bonds is 6. The van der Waals surface area contributed by atoms with Crippen LogP contribution in [0.25, 0.3) is 22.4 Å². The third-order valence-corrected chi connectivity index (χ3v) is 5.52. The van der Waals surface area contributed by atoms with Crippen LogP contribution in [-0.4, -0.2) is 28.8 Å². The molecule has 1 heterocycles. The van der Waals surface area contributed by atoms with Gasteiger partial charge in [0.25, 0.3) is 0 Å². The van der Waals surface area contributed by atoms with Gasteiger partial charge in [0, 0.05) is 17.3 Å². The van der Waals surface area contributed by atoms with Gasteiger partial charge in [0.2, 0.25) is 0 Å².